The van der Waals surface area contributed by atoms with Crippen molar-refractivity contribution in [3.05, 3.63) is 41.5 Å². The molecule has 1 aromatic carbocycles. The molecule has 1 aliphatic carbocycles. The van der Waals surface area contributed by atoms with Crippen LogP contribution >= 0.6 is 0 Å². The van der Waals surface area contributed by atoms with Crippen molar-refractivity contribution in [2.45, 2.75) is 26.9 Å². The van der Waals surface area contributed by atoms with Gasteiger partial charge in [0.05, 0.1) is 19.3 Å². The lowest BCUT2D eigenvalue weighted by Gasteiger charge is -2.55. The van der Waals surface area contributed by atoms with Gasteiger partial charge in [0, 0.05) is 11.3 Å². The van der Waals surface area contributed by atoms with Crippen LogP contribution in [0.25, 0.3) is 0 Å². The van der Waals surface area contributed by atoms with Crippen molar-refractivity contribution in [3.8, 4) is 5.75 Å². The van der Waals surface area contributed by atoms with E-state index in [2.05, 4.69) is 26.8 Å². The quantitative estimate of drug-likeness (QED) is 0.821. The zero-order valence-electron chi connectivity index (χ0n) is 12.9. The summed E-state index contributed by atoms with van der Waals surface area (Å²) in [4.78, 5) is 0. The van der Waals surface area contributed by atoms with Gasteiger partial charge in [-0.3, -0.25) is 0 Å². The highest BCUT2D eigenvalue weighted by Crippen LogP contribution is 2.55. The van der Waals surface area contributed by atoms with E-state index in [4.69, 9.17) is 4.74 Å². The van der Waals surface area contributed by atoms with Gasteiger partial charge in [-0.25, -0.2) is 0 Å². The summed E-state index contributed by atoms with van der Waals surface area (Å²) in [6, 6.07) is 7.29. The van der Waals surface area contributed by atoms with Gasteiger partial charge in [-0.15, -0.1) is 0 Å². The molecule has 2 bridgehead atoms. The van der Waals surface area contributed by atoms with Crippen molar-refractivity contribution in [2.24, 2.45) is 23.2 Å². The summed E-state index contributed by atoms with van der Waals surface area (Å²) in [5, 5.41) is 19.4. The number of hydrogen-bond donors (Lipinski definition) is 2. The Balaban J connectivity index is 2.01. The van der Waals surface area contributed by atoms with Crippen LogP contribution in [0, 0.1) is 23.2 Å². The van der Waals surface area contributed by atoms with Gasteiger partial charge in [0.1, 0.15) is 5.75 Å². The second-order valence-electron chi connectivity index (χ2n) is 6.73. The number of aliphatic hydroxyl groups is 1. The summed E-state index contributed by atoms with van der Waals surface area (Å²) >= 11 is 0. The molecule has 2 aliphatic rings. The van der Waals surface area contributed by atoms with E-state index in [1.165, 1.54) is 5.57 Å². The summed E-state index contributed by atoms with van der Waals surface area (Å²) < 4.78 is 6.19. The lowest BCUT2D eigenvalue weighted by molar-refractivity contribution is -0.165. The third-order valence-corrected chi connectivity index (χ3v) is 5.76. The Kier molecular flexibility index (Phi) is 3.58. The van der Waals surface area contributed by atoms with Crippen molar-refractivity contribution < 1.29 is 14.9 Å². The molecule has 1 aromatic rings. The van der Waals surface area contributed by atoms with Gasteiger partial charge in [-0.1, -0.05) is 37.6 Å². The lowest BCUT2D eigenvalue weighted by Crippen LogP contribution is -2.53. The predicted octanol–water partition coefficient (Wildman–Crippen LogP) is 3.29. The molecule has 21 heavy (non-hydrogen) atoms. The summed E-state index contributed by atoms with van der Waals surface area (Å²) in [7, 11) is 0. The summed E-state index contributed by atoms with van der Waals surface area (Å²) in [6.45, 7) is 7.33. The van der Waals surface area contributed by atoms with Crippen molar-refractivity contribution >= 4 is 0 Å². The molecule has 1 heterocycles. The number of phenolic OH excluding ortho intramolecular Hbond substituents is 1. The lowest BCUT2D eigenvalue weighted by atomic mass is 9.56. The molecule has 1 fully saturated rings. The molecule has 0 aromatic heterocycles. The first-order valence-electron chi connectivity index (χ1n) is 7.69. The molecule has 0 saturated carbocycles. The number of rotatable bonds is 2. The number of ether oxygens (including phenoxy) is 1. The standard InChI is InChI=1S/C18H24O3/c1-11-8-12(2)18(9-19)10-21-17(16(11)13(18)3)14-4-6-15(20)7-5-14/h4-8,12-13,16-17,19-20H,9-10H2,1-3H3/t12-,13+,16-,17-,18+/m0/s1. The van der Waals surface area contributed by atoms with Crippen molar-refractivity contribution in [1.29, 1.82) is 0 Å². The fourth-order valence-corrected chi connectivity index (χ4v) is 4.25. The summed E-state index contributed by atoms with van der Waals surface area (Å²) in [5.41, 5.74) is 2.27. The Bertz CT molecular complexity index is 548. The molecule has 114 valence electrons. The first kappa shape index (κ1) is 14.6. The number of benzene rings is 1. The molecule has 0 amide bonds. The van der Waals surface area contributed by atoms with Crippen LogP contribution in [0.3, 0.4) is 0 Å². The van der Waals surface area contributed by atoms with E-state index in [0.717, 1.165) is 5.56 Å². The van der Waals surface area contributed by atoms with Crippen molar-refractivity contribution in [3.63, 3.8) is 0 Å². The molecule has 5 atom stereocenters. The summed E-state index contributed by atoms with van der Waals surface area (Å²) in [5.74, 6) is 1.26. The number of fused-ring (bicyclic) bond motifs is 2. The van der Waals surface area contributed by atoms with Gasteiger partial charge in [0.15, 0.2) is 0 Å². The van der Waals surface area contributed by atoms with E-state index in [-0.39, 0.29) is 29.8 Å². The van der Waals surface area contributed by atoms with Gasteiger partial charge in [0.25, 0.3) is 0 Å². The SMILES string of the molecule is CC1=C[C@H](C)[C@@]2(CO)CO[C@@H](c3ccc(O)cc3)[C@@H]1[C@H]2C. The van der Waals surface area contributed by atoms with Crippen LogP contribution in [0.15, 0.2) is 35.9 Å². The van der Waals surface area contributed by atoms with Crippen LogP contribution < -0.4 is 0 Å². The van der Waals surface area contributed by atoms with Crippen LogP contribution in [0.1, 0.15) is 32.4 Å². The number of aromatic hydroxyl groups is 1. The van der Waals surface area contributed by atoms with Gasteiger partial charge in [-0.05, 0) is 36.5 Å². The molecule has 1 saturated heterocycles. The Morgan fingerprint density at radius 1 is 1.24 bits per heavy atom. The zero-order valence-corrected chi connectivity index (χ0v) is 12.9. The molecule has 3 heteroatoms. The van der Waals surface area contributed by atoms with Crippen LogP contribution in [-0.2, 0) is 4.74 Å². The average molecular weight is 288 g/mol. The van der Waals surface area contributed by atoms with Crippen molar-refractivity contribution in [2.75, 3.05) is 13.2 Å². The zero-order chi connectivity index (χ0) is 15.2. The Hall–Kier alpha value is -1.32. The highest BCUT2D eigenvalue weighted by molar-refractivity contribution is 5.31. The van der Waals surface area contributed by atoms with Crippen LogP contribution in [0.4, 0.5) is 0 Å². The molecule has 0 radical (unpaired) electrons. The minimum absolute atomic E-state index is 0.00373. The second-order valence-corrected chi connectivity index (χ2v) is 6.73. The first-order valence-corrected chi connectivity index (χ1v) is 7.69. The van der Waals surface area contributed by atoms with Crippen LogP contribution in [0.2, 0.25) is 0 Å². The van der Waals surface area contributed by atoms with Gasteiger partial charge in [-0.2, -0.15) is 0 Å². The van der Waals surface area contributed by atoms with E-state index in [1.54, 1.807) is 12.1 Å². The molecular weight excluding hydrogens is 264 g/mol. The molecule has 0 spiro atoms. The fourth-order valence-electron chi connectivity index (χ4n) is 4.25. The molecule has 3 rings (SSSR count). The van der Waals surface area contributed by atoms with E-state index in [1.807, 2.05) is 12.1 Å². The van der Waals surface area contributed by atoms with E-state index in [0.29, 0.717) is 18.4 Å². The second kappa shape index (κ2) is 5.15. The molecule has 3 nitrogen and oxygen atoms in total. The third-order valence-electron chi connectivity index (χ3n) is 5.76. The minimum Gasteiger partial charge on any atom is -0.508 e. The van der Waals surface area contributed by atoms with E-state index in [9.17, 15) is 10.2 Å². The topological polar surface area (TPSA) is 49.7 Å². The average Bonchev–Trinajstić information content (AvgIpc) is 2.46. The maximum atomic E-state index is 9.97. The highest BCUT2D eigenvalue weighted by Gasteiger charge is 2.53. The molecule has 1 aliphatic heterocycles. The monoisotopic (exact) mass is 288 g/mol. The Labute approximate surface area is 126 Å². The Morgan fingerprint density at radius 2 is 1.90 bits per heavy atom. The normalized spacial score (nSPS) is 39.0. The van der Waals surface area contributed by atoms with Crippen LogP contribution in [0.5, 0.6) is 5.75 Å². The molecule has 0 unspecified atom stereocenters. The molecular formula is C18H24O3. The number of aliphatic hydroxyl groups excluding tert-OH is 1. The van der Waals surface area contributed by atoms with Gasteiger partial charge in [0.2, 0.25) is 0 Å². The van der Waals surface area contributed by atoms with Crippen molar-refractivity contribution in [1.82, 2.24) is 0 Å². The van der Waals surface area contributed by atoms with Gasteiger partial charge < -0.3 is 14.9 Å². The Morgan fingerprint density at radius 3 is 2.52 bits per heavy atom. The van der Waals surface area contributed by atoms with E-state index >= 15 is 0 Å². The smallest absolute Gasteiger partial charge is 0.115 e. The minimum atomic E-state index is -0.169. The highest BCUT2D eigenvalue weighted by atomic mass is 16.5. The maximum absolute atomic E-state index is 9.97. The van der Waals surface area contributed by atoms with Gasteiger partial charge >= 0.3 is 0 Å². The van der Waals surface area contributed by atoms with E-state index < -0.39 is 0 Å². The molecule has 2 N–H and O–H groups in total. The summed E-state index contributed by atoms with van der Waals surface area (Å²) in [6.07, 6.45) is 2.31. The fraction of sp³-hybridized carbons (Fsp3) is 0.556. The number of phenols is 1. The largest absolute Gasteiger partial charge is 0.508 e. The predicted molar refractivity (Wildman–Crippen MR) is 81.9 cm³/mol. The van der Waals surface area contributed by atoms with Crippen LogP contribution in [-0.4, -0.2) is 23.4 Å². The first-order chi connectivity index (χ1) is 9.99. The maximum Gasteiger partial charge on any atom is 0.115 e. The third kappa shape index (κ3) is 2.11. The number of hydrogen-bond acceptors (Lipinski definition) is 3. The number of allylic oxidation sites excluding steroid dienone is 1.